The van der Waals surface area contributed by atoms with Gasteiger partial charge in [0, 0.05) is 24.3 Å². The average Bonchev–Trinajstić information content (AvgIpc) is 3.49. The van der Waals surface area contributed by atoms with Gasteiger partial charge in [0.15, 0.2) is 5.11 Å². The number of hydrogen-bond acceptors (Lipinski definition) is 5. The molecular formula is C26H23N5O2S. The van der Waals surface area contributed by atoms with Gasteiger partial charge < -0.3 is 19.5 Å². The average molecular weight is 470 g/mol. The first kappa shape index (κ1) is 21.8. The Morgan fingerprint density at radius 1 is 1.00 bits per heavy atom. The molecule has 1 fully saturated rings. The van der Waals surface area contributed by atoms with Crippen LogP contribution >= 0.6 is 12.2 Å². The number of carbonyl (C=O) groups is 1. The molecule has 1 N–H and O–H groups in total. The number of thiocarbonyl (C=S) groups is 1. The minimum absolute atomic E-state index is 0.184. The lowest BCUT2D eigenvalue weighted by atomic mass is 10.0. The van der Waals surface area contributed by atoms with E-state index in [0.717, 1.165) is 22.8 Å². The highest BCUT2D eigenvalue weighted by molar-refractivity contribution is 7.80. The Kier molecular flexibility index (Phi) is 6.05. The van der Waals surface area contributed by atoms with Crippen LogP contribution in [0.15, 0.2) is 91.4 Å². The van der Waals surface area contributed by atoms with Crippen LogP contribution in [0.2, 0.25) is 0 Å². The number of nitrogens with one attached hydrogen (secondary N) is 1. The monoisotopic (exact) mass is 469 g/mol. The maximum Gasteiger partial charge on any atom is 0.339 e. The van der Waals surface area contributed by atoms with Gasteiger partial charge in [-0.3, -0.25) is 9.97 Å². The molecule has 0 bridgehead atoms. The predicted molar refractivity (Wildman–Crippen MR) is 132 cm³/mol. The van der Waals surface area contributed by atoms with E-state index in [-0.39, 0.29) is 18.1 Å². The van der Waals surface area contributed by atoms with Crippen molar-refractivity contribution in [1.82, 2.24) is 24.8 Å². The highest BCUT2D eigenvalue weighted by atomic mass is 32.1. The normalized spacial score (nSPS) is 17.4. The smallest absolute Gasteiger partial charge is 0.339 e. The number of hydrogen-bond donors (Lipinski definition) is 1. The number of benzene rings is 1. The number of pyridine rings is 2. The molecule has 34 heavy (non-hydrogen) atoms. The number of rotatable bonds is 6. The van der Waals surface area contributed by atoms with E-state index in [9.17, 15) is 4.79 Å². The lowest BCUT2D eigenvalue weighted by molar-refractivity contribution is 0.0600. The summed E-state index contributed by atoms with van der Waals surface area (Å²) in [6, 6.07) is 22.8. The Hall–Kier alpha value is -4.04. The van der Waals surface area contributed by atoms with Gasteiger partial charge in [-0.15, -0.1) is 0 Å². The molecular weight excluding hydrogens is 446 g/mol. The summed E-state index contributed by atoms with van der Waals surface area (Å²) in [4.78, 5) is 23.8. The van der Waals surface area contributed by atoms with Crippen molar-refractivity contribution in [2.75, 3.05) is 7.11 Å². The van der Waals surface area contributed by atoms with Crippen LogP contribution in [0.3, 0.4) is 0 Å². The Morgan fingerprint density at radius 2 is 1.76 bits per heavy atom. The van der Waals surface area contributed by atoms with Gasteiger partial charge in [-0.2, -0.15) is 0 Å². The fraction of sp³-hybridized carbons (Fsp3) is 0.154. The van der Waals surface area contributed by atoms with Crippen LogP contribution in [0.25, 0.3) is 5.69 Å². The first-order chi connectivity index (χ1) is 16.7. The van der Waals surface area contributed by atoms with Gasteiger partial charge in [0.25, 0.3) is 0 Å². The lowest BCUT2D eigenvalue weighted by Crippen LogP contribution is -2.30. The zero-order valence-corrected chi connectivity index (χ0v) is 19.4. The van der Waals surface area contributed by atoms with E-state index in [4.69, 9.17) is 17.0 Å². The molecule has 0 radical (unpaired) electrons. The molecule has 0 aliphatic carbocycles. The fourth-order valence-corrected chi connectivity index (χ4v) is 4.69. The quantitative estimate of drug-likeness (QED) is 0.335. The molecule has 1 aromatic carbocycles. The highest BCUT2D eigenvalue weighted by Crippen LogP contribution is 2.40. The first-order valence-electron chi connectivity index (χ1n) is 10.9. The molecule has 0 amide bonds. The summed E-state index contributed by atoms with van der Waals surface area (Å²) in [6.07, 6.45) is 5.51. The molecule has 1 aliphatic rings. The maximum absolute atomic E-state index is 12.5. The van der Waals surface area contributed by atoms with E-state index >= 15 is 0 Å². The van der Waals surface area contributed by atoms with E-state index < -0.39 is 0 Å². The van der Waals surface area contributed by atoms with Gasteiger partial charge in [-0.25, -0.2) is 4.79 Å². The van der Waals surface area contributed by atoms with Gasteiger partial charge >= 0.3 is 5.97 Å². The number of nitrogens with zero attached hydrogens (tertiary/aromatic N) is 4. The molecule has 1 saturated heterocycles. The molecule has 0 unspecified atom stereocenters. The summed E-state index contributed by atoms with van der Waals surface area (Å²) >= 11 is 5.79. The van der Waals surface area contributed by atoms with Crippen LogP contribution in [0.4, 0.5) is 0 Å². The van der Waals surface area contributed by atoms with Crippen molar-refractivity contribution >= 4 is 23.3 Å². The third-order valence-corrected chi connectivity index (χ3v) is 6.26. The van der Waals surface area contributed by atoms with Crippen LogP contribution in [-0.2, 0) is 11.3 Å². The minimum Gasteiger partial charge on any atom is -0.465 e. The Labute approximate surface area is 203 Å². The standard InChI is InChI=1S/C26H23N5O2S/c1-33-25(32)19-10-2-3-12-21(19)30-16-8-13-22(30)24-23(20-11-5-7-15-28-20)29-26(34)31(24)17-18-9-4-6-14-27-18/h2-16,23-24H,17H2,1H3,(H,29,34)/t23-,24-/m0/s1. The molecule has 5 rings (SSSR count). The van der Waals surface area contributed by atoms with Crippen LogP contribution in [0.1, 0.15) is 39.5 Å². The molecule has 3 aromatic heterocycles. The van der Waals surface area contributed by atoms with Crippen molar-refractivity contribution in [3.8, 4) is 5.69 Å². The largest absolute Gasteiger partial charge is 0.465 e. The summed E-state index contributed by atoms with van der Waals surface area (Å²) < 4.78 is 7.06. The molecule has 4 aromatic rings. The lowest BCUT2D eigenvalue weighted by Gasteiger charge is -2.29. The second kappa shape index (κ2) is 9.44. The number of aromatic nitrogens is 3. The molecule has 2 atom stereocenters. The maximum atomic E-state index is 12.5. The molecule has 0 spiro atoms. The Balaban J connectivity index is 1.63. The van der Waals surface area contributed by atoms with Crippen LogP contribution in [0.5, 0.6) is 0 Å². The second-order valence-electron chi connectivity index (χ2n) is 7.89. The van der Waals surface area contributed by atoms with Crippen molar-refractivity contribution in [3.05, 3.63) is 114 Å². The third-order valence-electron chi connectivity index (χ3n) is 5.91. The number of methoxy groups -OCH3 is 1. The van der Waals surface area contributed by atoms with Crippen molar-refractivity contribution < 1.29 is 9.53 Å². The number of esters is 1. The molecule has 0 saturated carbocycles. The van der Waals surface area contributed by atoms with E-state index in [2.05, 4.69) is 26.3 Å². The molecule has 8 heteroatoms. The number of ether oxygens (including phenoxy) is 1. The van der Waals surface area contributed by atoms with Gasteiger partial charge in [-0.1, -0.05) is 24.3 Å². The van der Waals surface area contributed by atoms with E-state index in [0.29, 0.717) is 17.2 Å². The third kappa shape index (κ3) is 4.04. The first-order valence-corrected chi connectivity index (χ1v) is 11.3. The minimum atomic E-state index is -0.387. The van der Waals surface area contributed by atoms with Crippen LogP contribution in [0, 0.1) is 0 Å². The number of carbonyl (C=O) groups excluding carboxylic acids is 1. The Morgan fingerprint density at radius 3 is 2.50 bits per heavy atom. The zero-order chi connectivity index (χ0) is 23.5. The van der Waals surface area contributed by atoms with Crippen molar-refractivity contribution in [3.63, 3.8) is 0 Å². The van der Waals surface area contributed by atoms with Crippen LogP contribution in [-0.4, -0.2) is 37.6 Å². The SMILES string of the molecule is COC(=O)c1ccccc1-n1cccc1[C@H]1[C@H](c2ccccn2)NC(=S)N1Cc1ccccn1. The summed E-state index contributed by atoms with van der Waals surface area (Å²) in [6.45, 7) is 0.532. The van der Waals surface area contributed by atoms with Gasteiger partial charge in [0.2, 0.25) is 0 Å². The predicted octanol–water partition coefficient (Wildman–Crippen LogP) is 4.23. The second-order valence-corrected chi connectivity index (χ2v) is 8.27. The summed E-state index contributed by atoms with van der Waals surface area (Å²) in [5, 5.41) is 4.09. The van der Waals surface area contributed by atoms with Crippen molar-refractivity contribution in [2.24, 2.45) is 0 Å². The van der Waals surface area contributed by atoms with Crippen molar-refractivity contribution in [2.45, 2.75) is 18.6 Å². The van der Waals surface area contributed by atoms with E-state index in [1.807, 2.05) is 71.4 Å². The van der Waals surface area contributed by atoms with E-state index in [1.165, 1.54) is 7.11 Å². The summed E-state index contributed by atoms with van der Waals surface area (Å²) in [5.74, 6) is -0.387. The topological polar surface area (TPSA) is 72.3 Å². The van der Waals surface area contributed by atoms with Crippen LogP contribution < -0.4 is 5.32 Å². The molecule has 4 heterocycles. The molecule has 170 valence electrons. The van der Waals surface area contributed by atoms with Crippen molar-refractivity contribution in [1.29, 1.82) is 0 Å². The Bertz CT molecular complexity index is 1310. The van der Waals surface area contributed by atoms with Gasteiger partial charge in [-0.05, 0) is 60.7 Å². The molecule has 7 nitrogen and oxygen atoms in total. The highest BCUT2D eigenvalue weighted by Gasteiger charge is 2.41. The van der Waals surface area contributed by atoms with Gasteiger partial charge in [0.1, 0.15) is 0 Å². The van der Waals surface area contributed by atoms with Gasteiger partial charge in [0.05, 0.1) is 48.4 Å². The van der Waals surface area contributed by atoms with E-state index in [1.54, 1.807) is 18.5 Å². The zero-order valence-electron chi connectivity index (χ0n) is 18.5. The summed E-state index contributed by atoms with van der Waals surface area (Å²) in [5.41, 5.74) is 3.99. The fourth-order valence-electron chi connectivity index (χ4n) is 4.38. The number of para-hydroxylation sites is 1. The molecule has 1 aliphatic heterocycles. The summed E-state index contributed by atoms with van der Waals surface area (Å²) in [7, 11) is 1.39.